The molecule has 22 heavy (non-hydrogen) atoms. The average molecular weight is 306 g/mol. The molecule has 1 aromatic heterocycles. The van der Waals surface area contributed by atoms with Crippen LogP contribution in [0.15, 0.2) is 6.20 Å². The Labute approximate surface area is 133 Å². The zero-order valence-corrected chi connectivity index (χ0v) is 14.2. The summed E-state index contributed by atoms with van der Waals surface area (Å²) in [7, 11) is 1.95. The predicted molar refractivity (Wildman–Crippen MR) is 88.6 cm³/mol. The first-order valence-electron chi connectivity index (χ1n) is 8.58. The molecule has 0 atom stereocenters. The fraction of sp³-hybridized carbons (Fsp3) is 0.765. The van der Waals surface area contributed by atoms with Crippen molar-refractivity contribution in [2.45, 2.75) is 70.9 Å². The van der Waals surface area contributed by atoms with Gasteiger partial charge in [0.15, 0.2) is 0 Å². The van der Waals surface area contributed by atoms with Gasteiger partial charge in [0.25, 0.3) is 0 Å². The van der Waals surface area contributed by atoms with Crippen molar-refractivity contribution in [1.82, 2.24) is 20.4 Å². The van der Waals surface area contributed by atoms with Crippen molar-refractivity contribution in [1.29, 1.82) is 0 Å². The van der Waals surface area contributed by atoms with Crippen molar-refractivity contribution in [2.24, 2.45) is 7.05 Å². The van der Waals surface area contributed by atoms with Gasteiger partial charge in [-0.05, 0) is 18.8 Å². The normalized spacial score (nSPS) is 16.2. The molecule has 1 saturated carbocycles. The average Bonchev–Trinajstić information content (AvgIpc) is 2.86. The molecule has 0 unspecified atom stereocenters. The van der Waals surface area contributed by atoms with Crippen molar-refractivity contribution in [3.05, 3.63) is 17.5 Å². The first-order valence-corrected chi connectivity index (χ1v) is 8.58. The molecule has 0 spiro atoms. The molecule has 5 nitrogen and oxygen atoms in total. The van der Waals surface area contributed by atoms with Crippen LogP contribution >= 0.6 is 0 Å². The van der Waals surface area contributed by atoms with Crippen molar-refractivity contribution in [3.63, 3.8) is 0 Å². The molecular formula is C17H30N4O. The molecule has 1 fully saturated rings. The number of nitrogens with one attached hydrogen (secondary N) is 2. The Bertz CT molecular complexity index is 475. The van der Waals surface area contributed by atoms with E-state index < -0.39 is 0 Å². The number of rotatable bonds is 7. The van der Waals surface area contributed by atoms with Gasteiger partial charge in [-0.25, -0.2) is 0 Å². The highest BCUT2D eigenvalue weighted by Crippen LogP contribution is 2.18. The van der Waals surface area contributed by atoms with E-state index in [4.69, 9.17) is 0 Å². The summed E-state index contributed by atoms with van der Waals surface area (Å²) in [4.78, 5) is 11.9. The lowest BCUT2D eigenvalue weighted by molar-refractivity contribution is -0.121. The quantitative estimate of drug-likeness (QED) is 0.761. The largest absolute Gasteiger partial charge is 0.353 e. The van der Waals surface area contributed by atoms with E-state index in [1.54, 1.807) is 0 Å². The zero-order chi connectivity index (χ0) is 15.9. The van der Waals surface area contributed by atoms with Gasteiger partial charge in [-0.2, -0.15) is 5.10 Å². The monoisotopic (exact) mass is 306 g/mol. The van der Waals surface area contributed by atoms with Crippen LogP contribution in [0.2, 0.25) is 0 Å². The van der Waals surface area contributed by atoms with E-state index in [2.05, 4.69) is 35.8 Å². The van der Waals surface area contributed by atoms with Crippen molar-refractivity contribution in [2.75, 3.05) is 6.54 Å². The number of carbonyl (C=O) groups is 1. The highest BCUT2D eigenvalue weighted by atomic mass is 16.1. The van der Waals surface area contributed by atoms with Gasteiger partial charge in [-0.15, -0.1) is 0 Å². The third-order valence-electron chi connectivity index (χ3n) is 4.30. The number of nitrogens with zero attached hydrogens (tertiary/aromatic N) is 2. The van der Waals surface area contributed by atoms with E-state index in [9.17, 15) is 4.79 Å². The van der Waals surface area contributed by atoms with Crippen LogP contribution in [0.25, 0.3) is 0 Å². The summed E-state index contributed by atoms with van der Waals surface area (Å²) >= 11 is 0. The maximum atomic E-state index is 11.9. The summed E-state index contributed by atoms with van der Waals surface area (Å²) in [5.74, 6) is 0.599. The van der Waals surface area contributed by atoms with E-state index in [-0.39, 0.29) is 5.91 Å². The lowest BCUT2D eigenvalue weighted by atomic mass is 9.95. The van der Waals surface area contributed by atoms with Gasteiger partial charge in [-0.1, -0.05) is 33.1 Å². The maximum absolute atomic E-state index is 11.9. The molecule has 2 rings (SSSR count). The topological polar surface area (TPSA) is 59.0 Å². The standard InChI is InChI=1S/C17H30N4O/c1-13(2)17-14(12-21(3)20-17)11-18-10-9-16(22)19-15-7-5-4-6-8-15/h12-13,15,18H,4-11H2,1-3H3,(H,19,22). The van der Waals surface area contributed by atoms with Gasteiger partial charge in [-0.3, -0.25) is 9.48 Å². The van der Waals surface area contributed by atoms with Crippen LogP contribution < -0.4 is 10.6 Å². The van der Waals surface area contributed by atoms with Crippen LogP contribution in [0.4, 0.5) is 0 Å². The Morgan fingerprint density at radius 3 is 2.77 bits per heavy atom. The number of aromatic nitrogens is 2. The van der Waals surface area contributed by atoms with E-state index in [0.717, 1.165) is 25.1 Å². The minimum atomic E-state index is 0.176. The lowest BCUT2D eigenvalue weighted by Crippen LogP contribution is -2.37. The second-order valence-corrected chi connectivity index (χ2v) is 6.70. The summed E-state index contributed by atoms with van der Waals surface area (Å²) in [5.41, 5.74) is 2.37. The molecule has 0 aliphatic heterocycles. The van der Waals surface area contributed by atoms with Gasteiger partial charge in [0.05, 0.1) is 5.69 Å². The van der Waals surface area contributed by atoms with Gasteiger partial charge >= 0.3 is 0 Å². The van der Waals surface area contributed by atoms with Gasteiger partial charge in [0.1, 0.15) is 0 Å². The molecule has 1 amide bonds. The fourth-order valence-electron chi connectivity index (χ4n) is 3.15. The van der Waals surface area contributed by atoms with Gasteiger partial charge in [0, 0.05) is 44.4 Å². The predicted octanol–water partition coefficient (Wildman–Crippen LogP) is 2.47. The van der Waals surface area contributed by atoms with Gasteiger partial charge in [0.2, 0.25) is 5.91 Å². The maximum Gasteiger partial charge on any atom is 0.221 e. The number of aryl methyl sites for hydroxylation is 1. The first-order chi connectivity index (χ1) is 10.6. The summed E-state index contributed by atoms with van der Waals surface area (Å²) in [6.07, 6.45) is 8.72. The minimum Gasteiger partial charge on any atom is -0.353 e. The van der Waals surface area contributed by atoms with Gasteiger partial charge < -0.3 is 10.6 Å². The van der Waals surface area contributed by atoms with Crippen LogP contribution in [0.5, 0.6) is 0 Å². The van der Waals surface area contributed by atoms with E-state index in [1.165, 1.54) is 24.8 Å². The van der Waals surface area contributed by atoms with Crippen molar-refractivity contribution >= 4 is 5.91 Å². The number of hydrogen-bond donors (Lipinski definition) is 2. The lowest BCUT2D eigenvalue weighted by Gasteiger charge is -2.22. The Hall–Kier alpha value is -1.36. The number of amides is 1. The van der Waals surface area contributed by atoms with Crippen LogP contribution in [-0.4, -0.2) is 28.3 Å². The van der Waals surface area contributed by atoms with Crippen molar-refractivity contribution in [3.8, 4) is 0 Å². The Morgan fingerprint density at radius 1 is 1.36 bits per heavy atom. The molecule has 0 aromatic carbocycles. The summed E-state index contributed by atoms with van der Waals surface area (Å²) in [6, 6.07) is 0.409. The third-order valence-corrected chi connectivity index (χ3v) is 4.30. The molecule has 1 aliphatic rings. The molecule has 2 N–H and O–H groups in total. The molecule has 0 saturated heterocycles. The van der Waals surface area contributed by atoms with Crippen LogP contribution in [0.1, 0.15) is 69.5 Å². The Morgan fingerprint density at radius 2 is 2.09 bits per heavy atom. The summed E-state index contributed by atoms with van der Waals surface area (Å²) < 4.78 is 1.86. The highest BCUT2D eigenvalue weighted by Gasteiger charge is 2.15. The SMILES string of the molecule is CC(C)c1nn(C)cc1CNCCC(=O)NC1CCCCC1. The molecule has 5 heteroatoms. The molecule has 1 aliphatic carbocycles. The van der Waals surface area contributed by atoms with Crippen molar-refractivity contribution < 1.29 is 4.79 Å². The second-order valence-electron chi connectivity index (χ2n) is 6.70. The molecule has 1 heterocycles. The second kappa shape index (κ2) is 8.32. The molecule has 0 bridgehead atoms. The van der Waals surface area contributed by atoms with Crippen LogP contribution in [0, 0.1) is 0 Å². The zero-order valence-electron chi connectivity index (χ0n) is 14.2. The smallest absolute Gasteiger partial charge is 0.221 e. The van der Waals surface area contributed by atoms with Crippen LogP contribution in [-0.2, 0) is 18.4 Å². The Balaban J connectivity index is 1.67. The van der Waals surface area contributed by atoms with E-state index in [1.807, 2.05) is 11.7 Å². The van der Waals surface area contributed by atoms with E-state index >= 15 is 0 Å². The minimum absolute atomic E-state index is 0.176. The molecular weight excluding hydrogens is 276 g/mol. The third kappa shape index (κ3) is 5.13. The summed E-state index contributed by atoms with van der Waals surface area (Å²) in [6.45, 7) is 5.80. The van der Waals surface area contributed by atoms with E-state index in [0.29, 0.717) is 24.9 Å². The Kier molecular flexibility index (Phi) is 6.43. The van der Waals surface area contributed by atoms with Crippen LogP contribution in [0.3, 0.4) is 0 Å². The fourth-order valence-corrected chi connectivity index (χ4v) is 3.15. The number of carbonyl (C=O) groups excluding carboxylic acids is 1. The number of hydrogen-bond acceptors (Lipinski definition) is 3. The molecule has 0 radical (unpaired) electrons. The molecule has 1 aromatic rings. The first kappa shape index (κ1) is 17.0. The summed E-state index contributed by atoms with van der Waals surface area (Å²) in [5, 5.41) is 11.0. The highest BCUT2D eigenvalue weighted by molar-refractivity contribution is 5.76. The molecule has 124 valence electrons.